The standard InChI is InChI=1S/C26H17ClO6/c1-2-30-20-6-4-3-5-15(20)12-23-25(28)19-9-8-18(14-22(19)33-23)31-26(29)24-13-16-11-17(27)7-10-21(16)32-24/h3-14H,2H2,1H3/b23-12-. The van der Waals surface area contributed by atoms with Gasteiger partial charge in [0.25, 0.3) is 0 Å². The van der Waals surface area contributed by atoms with Crippen LogP contribution in [0.25, 0.3) is 17.0 Å². The third-order valence-electron chi connectivity index (χ3n) is 5.04. The van der Waals surface area contributed by atoms with Crippen LogP contribution in [-0.4, -0.2) is 18.4 Å². The number of hydrogen-bond acceptors (Lipinski definition) is 6. The van der Waals surface area contributed by atoms with Crippen molar-refractivity contribution in [2.75, 3.05) is 6.61 Å². The number of benzene rings is 3. The summed E-state index contributed by atoms with van der Waals surface area (Å²) in [5.74, 6) is 0.452. The van der Waals surface area contributed by atoms with E-state index in [0.717, 1.165) is 5.56 Å². The van der Waals surface area contributed by atoms with Crippen molar-refractivity contribution in [3.05, 3.63) is 94.4 Å². The van der Waals surface area contributed by atoms with Crippen molar-refractivity contribution in [2.24, 2.45) is 0 Å². The number of furan rings is 1. The van der Waals surface area contributed by atoms with Crippen molar-refractivity contribution in [1.82, 2.24) is 0 Å². The Morgan fingerprint density at radius 3 is 2.76 bits per heavy atom. The molecule has 4 aromatic rings. The quantitative estimate of drug-likeness (QED) is 0.197. The maximum absolute atomic E-state index is 12.8. The molecule has 1 aromatic heterocycles. The number of Topliss-reactive ketones (excluding diaryl/α,β-unsaturated/α-hetero) is 1. The van der Waals surface area contributed by atoms with E-state index >= 15 is 0 Å². The number of ether oxygens (including phenoxy) is 3. The van der Waals surface area contributed by atoms with Gasteiger partial charge < -0.3 is 18.6 Å². The first-order chi connectivity index (χ1) is 16.0. The second kappa shape index (κ2) is 8.48. The summed E-state index contributed by atoms with van der Waals surface area (Å²) in [5.41, 5.74) is 1.64. The van der Waals surface area contributed by atoms with Crippen LogP contribution in [0.4, 0.5) is 0 Å². The van der Waals surface area contributed by atoms with Crippen LogP contribution in [0.5, 0.6) is 17.2 Å². The lowest BCUT2D eigenvalue weighted by atomic mass is 10.1. The van der Waals surface area contributed by atoms with Gasteiger partial charge in [-0.1, -0.05) is 29.8 Å². The number of para-hydroxylation sites is 1. The molecule has 1 aliphatic heterocycles. The van der Waals surface area contributed by atoms with Gasteiger partial charge in [-0.2, -0.15) is 0 Å². The van der Waals surface area contributed by atoms with Gasteiger partial charge in [0.15, 0.2) is 5.76 Å². The minimum absolute atomic E-state index is 0.0397. The van der Waals surface area contributed by atoms with Gasteiger partial charge in [-0.15, -0.1) is 0 Å². The van der Waals surface area contributed by atoms with Crippen molar-refractivity contribution in [3.8, 4) is 17.2 Å². The van der Waals surface area contributed by atoms with Crippen LogP contribution in [0.15, 0.2) is 76.9 Å². The molecule has 0 fully saturated rings. The lowest BCUT2D eigenvalue weighted by molar-refractivity contribution is 0.0703. The van der Waals surface area contributed by atoms with Crippen molar-refractivity contribution < 1.29 is 28.2 Å². The molecule has 3 aromatic carbocycles. The molecule has 0 saturated carbocycles. The van der Waals surface area contributed by atoms with Gasteiger partial charge in [0.1, 0.15) is 22.8 Å². The first-order valence-electron chi connectivity index (χ1n) is 10.2. The molecule has 0 N–H and O–H groups in total. The number of hydrogen-bond donors (Lipinski definition) is 0. The number of halogens is 1. The van der Waals surface area contributed by atoms with E-state index in [-0.39, 0.29) is 23.1 Å². The first-order valence-corrected chi connectivity index (χ1v) is 10.6. The number of allylic oxidation sites excluding steroid dienone is 1. The molecule has 0 radical (unpaired) electrons. The molecule has 2 heterocycles. The molecule has 0 saturated heterocycles. The highest BCUT2D eigenvalue weighted by Crippen LogP contribution is 2.36. The third-order valence-corrected chi connectivity index (χ3v) is 5.27. The highest BCUT2D eigenvalue weighted by molar-refractivity contribution is 6.31. The Morgan fingerprint density at radius 2 is 1.91 bits per heavy atom. The molecule has 6 nitrogen and oxygen atoms in total. The number of esters is 1. The molecule has 0 unspecified atom stereocenters. The van der Waals surface area contributed by atoms with E-state index in [4.69, 9.17) is 30.2 Å². The van der Waals surface area contributed by atoms with Crippen LogP contribution in [0.3, 0.4) is 0 Å². The number of ketones is 1. The number of carbonyl (C=O) groups is 2. The third kappa shape index (κ3) is 4.08. The van der Waals surface area contributed by atoms with Crippen LogP contribution in [0, 0.1) is 0 Å². The number of fused-ring (bicyclic) bond motifs is 2. The summed E-state index contributed by atoms with van der Waals surface area (Å²) < 4.78 is 22.4. The Kier molecular flexibility index (Phi) is 5.36. The van der Waals surface area contributed by atoms with E-state index in [1.807, 2.05) is 31.2 Å². The van der Waals surface area contributed by atoms with E-state index in [9.17, 15) is 9.59 Å². The summed E-state index contributed by atoms with van der Waals surface area (Å²) in [5, 5.41) is 1.23. The molecule has 0 aliphatic carbocycles. The molecule has 7 heteroatoms. The lowest BCUT2D eigenvalue weighted by Crippen LogP contribution is -2.07. The molecule has 164 valence electrons. The molecule has 0 spiro atoms. The SMILES string of the molecule is CCOc1ccccc1/C=C1\Oc2cc(OC(=O)c3cc4cc(Cl)ccc4o3)ccc2C1=O. The van der Waals surface area contributed by atoms with E-state index in [1.54, 1.807) is 36.4 Å². The second-order valence-electron chi connectivity index (χ2n) is 7.25. The monoisotopic (exact) mass is 460 g/mol. The van der Waals surface area contributed by atoms with E-state index < -0.39 is 5.97 Å². The summed E-state index contributed by atoms with van der Waals surface area (Å²) in [4.78, 5) is 25.3. The summed E-state index contributed by atoms with van der Waals surface area (Å²) >= 11 is 5.98. The largest absolute Gasteiger partial charge is 0.493 e. The molecule has 0 bridgehead atoms. The van der Waals surface area contributed by atoms with Gasteiger partial charge in [-0.25, -0.2) is 4.79 Å². The highest BCUT2D eigenvalue weighted by atomic mass is 35.5. The zero-order valence-corrected chi connectivity index (χ0v) is 18.2. The molecule has 5 rings (SSSR count). The molecular weight excluding hydrogens is 444 g/mol. The Balaban J connectivity index is 1.37. The summed E-state index contributed by atoms with van der Waals surface area (Å²) in [6.07, 6.45) is 1.64. The minimum atomic E-state index is -0.673. The topological polar surface area (TPSA) is 75.0 Å². The van der Waals surface area contributed by atoms with Gasteiger partial charge in [-0.05, 0) is 55.5 Å². The molecular formula is C26H17ClO6. The van der Waals surface area contributed by atoms with Crippen LogP contribution in [-0.2, 0) is 0 Å². The average Bonchev–Trinajstić information content (AvgIpc) is 3.36. The van der Waals surface area contributed by atoms with Crippen molar-refractivity contribution in [2.45, 2.75) is 6.92 Å². The summed E-state index contributed by atoms with van der Waals surface area (Å²) in [7, 11) is 0. The van der Waals surface area contributed by atoms with Crippen LogP contribution >= 0.6 is 11.6 Å². The van der Waals surface area contributed by atoms with Crippen molar-refractivity contribution >= 4 is 40.4 Å². The van der Waals surface area contributed by atoms with Gasteiger partial charge in [0.05, 0.1) is 12.2 Å². The predicted octanol–water partition coefficient (Wildman–Crippen LogP) is 6.32. The summed E-state index contributed by atoms with van der Waals surface area (Å²) in [6.45, 7) is 2.39. The average molecular weight is 461 g/mol. The first kappa shape index (κ1) is 20.8. The summed E-state index contributed by atoms with van der Waals surface area (Å²) in [6, 6.07) is 18.6. The maximum atomic E-state index is 12.8. The Hall–Kier alpha value is -4.03. The molecule has 1 aliphatic rings. The minimum Gasteiger partial charge on any atom is -0.493 e. The Bertz CT molecular complexity index is 1430. The van der Waals surface area contributed by atoms with Crippen LogP contribution in [0.1, 0.15) is 33.4 Å². The molecule has 33 heavy (non-hydrogen) atoms. The highest BCUT2D eigenvalue weighted by Gasteiger charge is 2.28. The van der Waals surface area contributed by atoms with Gasteiger partial charge in [0.2, 0.25) is 11.5 Å². The van der Waals surface area contributed by atoms with Gasteiger partial charge in [-0.3, -0.25) is 4.79 Å². The van der Waals surface area contributed by atoms with Crippen molar-refractivity contribution in [3.63, 3.8) is 0 Å². The maximum Gasteiger partial charge on any atom is 0.379 e. The second-order valence-corrected chi connectivity index (χ2v) is 7.69. The fraction of sp³-hybridized carbons (Fsp3) is 0.0769. The zero-order valence-electron chi connectivity index (χ0n) is 17.5. The van der Waals surface area contributed by atoms with Crippen LogP contribution in [0.2, 0.25) is 5.02 Å². The van der Waals surface area contributed by atoms with E-state index in [2.05, 4.69) is 0 Å². The smallest absolute Gasteiger partial charge is 0.379 e. The fourth-order valence-electron chi connectivity index (χ4n) is 3.53. The number of rotatable bonds is 5. The number of carbonyl (C=O) groups excluding carboxylic acids is 2. The Morgan fingerprint density at radius 1 is 1.06 bits per heavy atom. The fourth-order valence-corrected chi connectivity index (χ4v) is 3.71. The lowest BCUT2D eigenvalue weighted by Gasteiger charge is -2.07. The zero-order chi connectivity index (χ0) is 22.9. The molecule has 0 atom stereocenters. The van der Waals surface area contributed by atoms with Gasteiger partial charge in [0, 0.05) is 22.0 Å². The van der Waals surface area contributed by atoms with Crippen LogP contribution < -0.4 is 14.2 Å². The predicted molar refractivity (Wildman–Crippen MR) is 123 cm³/mol. The van der Waals surface area contributed by atoms with E-state index in [0.29, 0.717) is 39.7 Å². The van der Waals surface area contributed by atoms with E-state index in [1.165, 1.54) is 12.1 Å². The Labute approximate surface area is 193 Å². The van der Waals surface area contributed by atoms with Gasteiger partial charge >= 0.3 is 5.97 Å². The molecule has 0 amide bonds. The van der Waals surface area contributed by atoms with Crippen molar-refractivity contribution in [1.29, 1.82) is 0 Å². The normalized spacial score (nSPS) is 13.8.